The van der Waals surface area contributed by atoms with E-state index >= 15 is 0 Å². The minimum atomic E-state index is -0.886. The van der Waals surface area contributed by atoms with Crippen molar-refractivity contribution in [2.45, 2.75) is 6.54 Å². The number of hydrogen-bond donors (Lipinski definition) is 1. The van der Waals surface area contributed by atoms with E-state index in [1.165, 1.54) is 5.56 Å². The molecule has 0 saturated carbocycles. The first-order chi connectivity index (χ1) is 9.65. The van der Waals surface area contributed by atoms with Crippen LogP contribution in [-0.4, -0.2) is 46.8 Å². The van der Waals surface area contributed by atoms with Crippen LogP contribution in [0.2, 0.25) is 0 Å². The number of carbonyl (C=O) groups is 1. The van der Waals surface area contributed by atoms with Crippen molar-refractivity contribution in [2.24, 2.45) is 7.05 Å². The molecule has 2 heterocycles. The van der Waals surface area contributed by atoms with Gasteiger partial charge in [0.15, 0.2) is 0 Å². The number of aromatic nitrogens is 1. The number of carboxylic acid groups (broad SMARTS) is 1. The summed E-state index contributed by atoms with van der Waals surface area (Å²) in [6, 6.07) is 5.32. The number of hydrogen-bond acceptors (Lipinski definition) is 3. The van der Waals surface area contributed by atoms with E-state index in [-0.39, 0.29) is 0 Å². The lowest BCUT2D eigenvalue weighted by molar-refractivity contribution is 0.0343. The minimum absolute atomic E-state index is 0.330. The molecule has 0 spiro atoms. The van der Waals surface area contributed by atoms with Gasteiger partial charge in [0.05, 0.1) is 18.8 Å². The van der Waals surface area contributed by atoms with E-state index in [0.29, 0.717) is 5.56 Å². The quantitative estimate of drug-likeness (QED) is 0.925. The maximum Gasteiger partial charge on any atom is 0.335 e. The summed E-state index contributed by atoms with van der Waals surface area (Å²) in [7, 11) is 1.96. The van der Waals surface area contributed by atoms with Gasteiger partial charge in [-0.1, -0.05) is 6.07 Å². The van der Waals surface area contributed by atoms with Gasteiger partial charge in [-0.3, -0.25) is 4.90 Å². The molecular weight excluding hydrogens is 256 g/mol. The molecule has 0 bridgehead atoms. The number of morpholine rings is 1. The molecule has 0 unspecified atom stereocenters. The average molecular weight is 274 g/mol. The molecule has 1 aliphatic rings. The molecule has 0 atom stereocenters. The standard InChI is InChI=1S/C15H18N2O3/c1-16-9-12(10-17-4-6-20-7-5-17)13-3-2-11(15(18)19)8-14(13)16/h2-3,8-9H,4-7,10H2,1H3,(H,18,19). The number of aromatic carboxylic acids is 1. The second-order valence-corrected chi connectivity index (χ2v) is 5.19. The molecule has 1 saturated heterocycles. The minimum Gasteiger partial charge on any atom is -0.478 e. The van der Waals surface area contributed by atoms with E-state index in [1.807, 2.05) is 17.7 Å². The number of ether oxygens (including phenoxy) is 1. The molecule has 0 aliphatic carbocycles. The highest BCUT2D eigenvalue weighted by Crippen LogP contribution is 2.23. The highest BCUT2D eigenvalue weighted by atomic mass is 16.5. The summed E-state index contributed by atoms with van der Waals surface area (Å²) < 4.78 is 7.36. The van der Waals surface area contributed by atoms with Crippen LogP contribution in [0.5, 0.6) is 0 Å². The van der Waals surface area contributed by atoms with Gasteiger partial charge in [0.2, 0.25) is 0 Å². The highest BCUT2D eigenvalue weighted by molar-refractivity contribution is 5.94. The fraction of sp³-hybridized carbons (Fsp3) is 0.400. The first-order valence-electron chi connectivity index (χ1n) is 6.76. The SMILES string of the molecule is Cn1cc(CN2CCOCC2)c2ccc(C(=O)O)cc21. The van der Waals surface area contributed by atoms with Crippen molar-refractivity contribution in [1.29, 1.82) is 0 Å². The van der Waals surface area contributed by atoms with Crippen molar-refractivity contribution in [3.05, 3.63) is 35.5 Å². The van der Waals surface area contributed by atoms with Gasteiger partial charge in [-0.2, -0.15) is 0 Å². The summed E-state index contributed by atoms with van der Waals surface area (Å²) in [6.07, 6.45) is 2.09. The lowest BCUT2D eigenvalue weighted by Gasteiger charge is -2.26. The van der Waals surface area contributed by atoms with Crippen molar-refractivity contribution >= 4 is 16.9 Å². The van der Waals surface area contributed by atoms with Crippen LogP contribution in [0.25, 0.3) is 10.9 Å². The lowest BCUT2D eigenvalue weighted by atomic mass is 10.1. The van der Waals surface area contributed by atoms with Crippen molar-refractivity contribution in [3.63, 3.8) is 0 Å². The number of carboxylic acids is 1. The average Bonchev–Trinajstić information content (AvgIpc) is 2.76. The second kappa shape index (κ2) is 5.26. The van der Waals surface area contributed by atoms with Gasteiger partial charge in [-0.15, -0.1) is 0 Å². The first-order valence-corrected chi connectivity index (χ1v) is 6.76. The van der Waals surface area contributed by atoms with Gasteiger partial charge < -0.3 is 14.4 Å². The maximum absolute atomic E-state index is 11.0. The lowest BCUT2D eigenvalue weighted by Crippen LogP contribution is -2.35. The zero-order valence-corrected chi connectivity index (χ0v) is 11.5. The van der Waals surface area contributed by atoms with Crippen LogP contribution < -0.4 is 0 Å². The summed E-state index contributed by atoms with van der Waals surface area (Å²) in [4.78, 5) is 13.4. The Labute approximate surface area is 117 Å². The Kier molecular flexibility index (Phi) is 3.46. The molecular formula is C15H18N2O3. The number of nitrogens with zero attached hydrogens (tertiary/aromatic N) is 2. The Morgan fingerprint density at radius 3 is 2.80 bits per heavy atom. The van der Waals surface area contributed by atoms with Crippen LogP contribution in [-0.2, 0) is 18.3 Å². The molecule has 0 radical (unpaired) electrons. The molecule has 1 aromatic carbocycles. The molecule has 1 aromatic heterocycles. The summed E-state index contributed by atoms with van der Waals surface area (Å²) in [5, 5.41) is 10.2. The van der Waals surface area contributed by atoms with E-state index in [2.05, 4.69) is 11.1 Å². The van der Waals surface area contributed by atoms with Gasteiger partial charge in [0.1, 0.15) is 0 Å². The van der Waals surface area contributed by atoms with Crippen LogP contribution >= 0.6 is 0 Å². The predicted octanol–water partition coefficient (Wildman–Crippen LogP) is 1.71. The van der Waals surface area contributed by atoms with E-state index in [9.17, 15) is 4.79 Å². The molecule has 106 valence electrons. The Morgan fingerprint density at radius 1 is 1.35 bits per heavy atom. The summed E-state index contributed by atoms with van der Waals surface area (Å²) in [6.45, 7) is 4.35. The zero-order chi connectivity index (χ0) is 14.1. The molecule has 1 aliphatic heterocycles. The van der Waals surface area contributed by atoms with Gasteiger partial charge in [-0.05, 0) is 17.7 Å². The second-order valence-electron chi connectivity index (χ2n) is 5.19. The van der Waals surface area contributed by atoms with Gasteiger partial charge >= 0.3 is 5.97 Å². The molecule has 20 heavy (non-hydrogen) atoms. The molecule has 0 amide bonds. The summed E-state index contributed by atoms with van der Waals surface area (Å²) in [5.41, 5.74) is 2.53. The topological polar surface area (TPSA) is 54.7 Å². The largest absolute Gasteiger partial charge is 0.478 e. The van der Waals surface area contributed by atoms with Crippen LogP contribution in [0.3, 0.4) is 0 Å². The van der Waals surface area contributed by atoms with Crippen LogP contribution in [0.15, 0.2) is 24.4 Å². The molecule has 2 aromatic rings. The third kappa shape index (κ3) is 2.42. The normalized spacial score (nSPS) is 16.6. The smallest absolute Gasteiger partial charge is 0.335 e. The van der Waals surface area contributed by atoms with Crippen molar-refractivity contribution in [1.82, 2.24) is 9.47 Å². The number of aryl methyl sites for hydroxylation is 1. The number of fused-ring (bicyclic) bond motifs is 1. The van der Waals surface area contributed by atoms with Crippen molar-refractivity contribution in [2.75, 3.05) is 26.3 Å². The van der Waals surface area contributed by atoms with Crippen molar-refractivity contribution < 1.29 is 14.6 Å². The van der Waals surface area contributed by atoms with Gasteiger partial charge in [0.25, 0.3) is 0 Å². The molecule has 1 N–H and O–H groups in total. The molecule has 1 fully saturated rings. The predicted molar refractivity (Wildman–Crippen MR) is 76.0 cm³/mol. The Balaban J connectivity index is 1.93. The summed E-state index contributed by atoms with van der Waals surface area (Å²) >= 11 is 0. The highest BCUT2D eigenvalue weighted by Gasteiger charge is 2.15. The van der Waals surface area contributed by atoms with E-state index in [0.717, 1.165) is 43.8 Å². The fourth-order valence-corrected chi connectivity index (χ4v) is 2.73. The summed E-state index contributed by atoms with van der Waals surface area (Å²) in [5.74, 6) is -0.886. The molecule has 5 nitrogen and oxygen atoms in total. The Morgan fingerprint density at radius 2 is 2.10 bits per heavy atom. The first kappa shape index (κ1) is 13.1. The van der Waals surface area contributed by atoms with Gasteiger partial charge in [0, 0.05) is 43.8 Å². The zero-order valence-electron chi connectivity index (χ0n) is 11.5. The maximum atomic E-state index is 11.0. The number of rotatable bonds is 3. The van der Waals surface area contributed by atoms with Crippen molar-refractivity contribution in [3.8, 4) is 0 Å². The number of benzene rings is 1. The third-order valence-corrected chi connectivity index (χ3v) is 3.82. The fourth-order valence-electron chi connectivity index (χ4n) is 2.73. The van der Waals surface area contributed by atoms with E-state index in [1.54, 1.807) is 12.1 Å². The van der Waals surface area contributed by atoms with Gasteiger partial charge in [-0.25, -0.2) is 4.79 Å². The van der Waals surface area contributed by atoms with E-state index < -0.39 is 5.97 Å². The van der Waals surface area contributed by atoms with Crippen LogP contribution in [0.1, 0.15) is 15.9 Å². The Bertz CT molecular complexity index is 642. The molecule has 5 heteroatoms. The Hall–Kier alpha value is -1.85. The third-order valence-electron chi connectivity index (χ3n) is 3.82. The van der Waals surface area contributed by atoms with Crippen LogP contribution in [0, 0.1) is 0 Å². The van der Waals surface area contributed by atoms with Crippen LogP contribution in [0.4, 0.5) is 0 Å². The molecule has 3 rings (SSSR count). The monoisotopic (exact) mass is 274 g/mol. The van der Waals surface area contributed by atoms with E-state index in [4.69, 9.17) is 9.84 Å².